The highest BCUT2D eigenvalue weighted by molar-refractivity contribution is 6.07. The largest absolute Gasteiger partial charge is 0.339 e. The third kappa shape index (κ3) is 4.22. The molecule has 1 heterocycles. The number of hydrogen-bond acceptors (Lipinski definition) is 5. The maximum Gasteiger partial charge on any atom is 0.257 e. The Morgan fingerprint density at radius 1 is 1.03 bits per heavy atom. The molecule has 3 aromatic rings. The Balaban J connectivity index is 1.45. The number of anilines is 1. The molecule has 0 spiro atoms. The van der Waals surface area contributed by atoms with Gasteiger partial charge in [0.05, 0.1) is 11.3 Å². The summed E-state index contributed by atoms with van der Waals surface area (Å²) in [5, 5.41) is 14.0. The highest BCUT2D eigenvalue weighted by Crippen LogP contribution is 2.23. The predicted octanol–water partition coefficient (Wildman–Crippen LogP) is 3.32. The second kappa shape index (κ2) is 8.86. The lowest BCUT2D eigenvalue weighted by molar-refractivity contribution is 0.0696. The first-order valence-corrected chi connectivity index (χ1v) is 10.1. The number of carbonyl (C=O) groups excluding carboxylic acids is 2. The summed E-state index contributed by atoms with van der Waals surface area (Å²) in [4.78, 5) is 27.4. The molecular formula is C22H24N6O2. The lowest BCUT2D eigenvalue weighted by Gasteiger charge is -2.31. The second-order valence-corrected chi connectivity index (χ2v) is 7.51. The van der Waals surface area contributed by atoms with Crippen LogP contribution in [0.2, 0.25) is 0 Å². The molecule has 0 atom stereocenters. The van der Waals surface area contributed by atoms with Crippen molar-refractivity contribution in [3.63, 3.8) is 0 Å². The molecule has 0 bridgehead atoms. The molecule has 1 N–H and O–H groups in total. The van der Waals surface area contributed by atoms with Crippen molar-refractivity contribution in [2.45, 2.75) is 38.1 Å². The Bertz CT molecular complexity index is 1010. The molecule has 2 aromatic carbocycles. The number of rotatable bonds is 5. The lowest BCUT2D eigenvalue weighted by Crippen LogP contribution is -2.38. The van der Waals surface area contributed by atoms with E-state index in [2.05, 4.69) is 20.8 Å². The van der Waals surface area contributed by atoms with E-state index >= 15 is 0 Å². The van der Waals surface area contributed by atoms with Crippen molar-refractivity contribution in [2.75, 3.05) is 12.4 Å². The molecule has 1 fully saturated rings. The van der Waals surface area contributed by atoms with Crippen LogP contribution in [0.15, 0.2) is 54.9 Å². The zero-order valence-corrected chi connectivity index (χ0v) is 16.9. The Labute approximate surface area is 174 Å². The number of para-hydroxylation sites is 1. The molecule has 2 amide bonds. The van der Waals surface area contributed by atoms with Crippen LogP contribution in [-0.4, -0.2) is 50.0 Å². The quantitative estimate of drug-likeness (QED) is 0.704. The van der Waals surface area contributed by atoms with Crippen molar-refractivity contribution in [3.05, 3.63) is 66.0 Å². The van der Waals surface area contributed by atoms with Crippen LogP contribution >= 0.6 is 0 Å². The fraction of sp³-hybridized carbons (Fsp3) is 0.318. The Morgan fingerprint density at radius 2 is 1.77 bits per heavy atom. The average molecular weight is 404 g/mol. The van der Waals surface area contributed by atoms with E-state index in [-0.39, 0.29) is 11.8 Å². The van der Waals surface area contributed by atoms with E-state index in [1.807, 2.05) is 18.0 Å². The Morgan fingerprint density at radius 3 is 2.47 bits per heavy atom. The topological polar surface area (TPSA) is 93.0 Å². The summed E-state index contributed by atoms with van der Waals surface area (Å²) in [6.45, 7) is 0. The van der Waals surface area contributed by atoms with Crippen LogP contribution in [0, 0.1) is 0 Å². The molecule has 1 aromatic heterocycles. The minimum atomic E-state index is -0.278. The van der Waals surface area contributed by atoms with E-state index in [0.717, 1.165) is 12.8 Å². The van der Waals surface area contributed by atoms with Gasteiger partial charge in [0, 0.05) is 24.3 Å². The van der Waals surface area contributed by atoms with Gasteiger partial charge in [-0.3, -0.25) is 9.59 Å². The molecule has 30 heavy (non-hydrogen) atoms. The minimum Gasteiger partial charge on any atom is -0.339 e. The second-order valence-electron chi connectivity index (χ2n) is 7.51. The summed E-state index contributed by atoms with van der Waals surface area (Å²) in [7, 11) is 1.88. The standard InChI is InChI=1S/C22H24N6O2/c1-27(18-7-3-2-4-8-18)22(30)16-11-13-17(14-12-16)24-21(29)19-9-5-6-10-20(19)28-15-23-25-26-28/h5-6,9-15,18H,2-4,7-8H2,1H3,(H,24,29). The molecule has 0 radical (unpaired) electrons. The molecule has 4 rings (SSSR count). The van der Waals surface area contributed by atoms with Crippen LogP contribution in [0.5, 0.6) is 0 Å². The molecule has 8 heteroatoms. The molecule has 1 aliphatic carbocycles. The number of benzene rings is 2. The molecule has 0 saturated heterocycles. The number of hydrogen-bond donors (Lipinski definition) is 1. The van der Waals surface area contributed by atoms with Gasteiger partial charge in [-0.25, -0.2) is 0 Å². The fourth-order valence-corrected chi connectivity index (χ4v) is 3.87. The summed E-state index contributed by atoms with van der Waals surface area (Å²) in [6, 6.07) is 14.4. The molecular weight excluding hydrogens is 380 g/mol. The Kier molecular flexibility index (Phi) is 5.83. The van der Waals surface area contributed by atoms with Gasteiger partial charge in [0.1, 0.15) is 6.33 Å². The van der Waals surface area contributed by atoms with Gasteiger partial charge in [0.25, 0.3) is 11.8 Å². The first-order valence-electron chi connectivity index (χ1n) is 10.1. The van der Waals surface area contributed by atoms with Crippen LogP contribution in [0.25, 0.3) is 5.69 Å². The summed E-state index contributed by atoms with van der Waals surface area (Å²) in [5.41, 5.74) is 2.27. The van der Waals surface area contributed by atoms with Crippen molar-refractivity contribution in [2.24, 2.45) is 0 Å². The molecule has 8 nitrogen and oxygen atoms in total. The van der Waals surface area contributed by atoms with Gasteiger partial charge in [-0.15, -0.1) is 5.10 Å². The minimum absolute atomic E-state index is 0.0174. The van der Waals surface area contributed by atoms with Crippen molar-refractivity contribution in [1.29, 1.82) is 0 Å². The van der Waals surface area contributed by atoms with Gasteiger partial charge < -0.3 is 10.2 Å². The van der Waals surface area contributed by atoms with Crippen LogP contribution < -0.4 is 5.32 Å². The van der Waals surface area contributed by atoms with E-state index in [1.165, 1.54) is 30.3 Å². The first kappa shape index (κ1) is 19.8. The van der Waals surface area contributed by atoms with Gasteiger partial charge in [-0.1, -0.05) is 31.4 Å². The number of tetrazole rings is 1. The highest BCUT2D eigenvalue weighted by Gasteiger charge is 2.23. The normalized spacial score (nSPS) is 14.3. The zero-order valence-electron chi connectivity index (χ0n) is 16.9. The van der Waals surface area contributed by atoms with Crippen LogP contribution in [0.1, 0.15) is 52.8 Å². The van der Waals surface area contributed by atoms with Crippen LogP contribution in [-0.2, 0) is 0 Å². The third-order valence-electron chi connectivity index (χ3n) is 5.58. The molecule has 0 aliphatic heterocycles. The van der Waals surface area contributed by atoms with E-state index in [1.54, 1.807) is 42.5 Å². The van der Waals surface area contributed by atoms with E-state index in [0.29, 0.717) is 28.5 Å². The first-order chi connectivity index (χ1) is 14.6. The molecule has 1 saturated carbocycles. The number of amides is 2. The summed E-state index contributed by atoms with van der Waals surface area (Å²) in [6.07, 6.45) is 7.19. The molecule has 0 unspecified atom stereocenters. The van der Waals surface area contributed by atoms with Crippen molar-refractivity contribution in [1.82, 2.24) is 25.1 Å². The van der Waals surface area contributed by atoms with Crippen molar-refractivity contribution in [3.8, 4) is 5.69 Å². The monoisotopic (exact) mass is 404 g/mol. The molecule has 1 aliphatic rings. The van der Waals surface area contributed by atoms with E-state index in [9.17, 15) is 9.59 Å². The number of nitrogens with zero attached hydrogens (tertiary/aromatic N) is 5. The van der Waals surface area contributed by atoms with Crippen LogP contribution in [0.3, 0.4) is 0 Å². The fourth-order valence-electron chi connectivity index (χ4n) is 3.87. The third-order valence-corrected chi connectivity index (χ3v) is 5.58. The smallest absolute Gasteiger partial charge is 0.257 e. The SMILES string of the molecule is CN(C(=O)c1ccc(NC(=O)c2ccccc2-n2cnnn2)cc1)C1CCCCC1. The van der Waals surface area contributed by atoms with Gasteiger partial charge in [0.2, 0.25) is 0 Å². The zero-order chi connectivity index (χ0) is 20.9. The summed E-state index contributed by atoms with van der Waals surface area (Å²) < 4.78 is 1.44. The van der Waals surface area contributed by atoms with Gasteiger partial charge in [0.15, 0.2) is 0 Å². The molecule has 154 valence electrons. The van der Waals surface area contributed by atoms with Crippen molar-refractivity contribution >= 4 is 17.5 Å². The van der Waals surface area contributed by atoms with Gasteiger partial charge in [-0.05, 0) is 59.7 Å². The average Bonchev–Trinajstić information content (AvgIpc) is 3.34. The maximum absolute atomic E-state index is 12.8. The number of aromatic nitrogens is 4. The predicted molar refractivity (Wildman–Crippen MR) is 113 cm³/mol. The van der Waals surface area contributed by atoms with E-state index in [4.69, 9.17) is 0 Å². The summed E-state index contributed by atoms with van der Waals surface area (Å²) >= 11 is 0. The maximum atomic E-state index is 12.8. The Hall–Kier alpha value is -3.55. The van der Waals surface area contributed by atoms with Gasteiger partial charge in [-0.2, -0.15) is 4.68 Å². The summed E-state index contributed by atoms with van der Waals surface area (Å²) in [5.74, 6) is -0.261. The highest BCUT2D eigenvalue weighted by atomic mass is 16.2. The number of carbonyl (C=O) groups is 2. The van der Waals surface area contributed by atoms with Gasteiger partial charge >= 0.3 is 0 Å². The van der Waals surface area contributed by atoms with Crippen molar-refractivity contribution < 1.29 is 9.59 Å². The number of nitrogens with one attached hydrogen (secondary N) is 1. The van der Waals surface area contributed by atoms with Crippen LogP contribution in [0.4, 0.5) is 5.69 Å². The lowest BCUT2D eigenvalue weighted by atomic mass is 9.94. The van der Waals surface area contributed by atoms with E-state index < -0.39 is 0 Å².